The van der Waals surface area contributed by atoms with Crippen LogP contribution in [0, 0.1) is 11.8 Å². The zero-order valence-corrected chi connectivity index (χ0v) is 7.50. The van der Waals surface area contributed by atoms with Crippen LogP contribution in [0.5, 0.6) is 0 Å². The van der Waals surface area contributed by atoms with Crippen molar-refractivity contribution in [2.45, 2.75) is 44.9 Å². The summed E-state index contributed by atoms with van der Waals surface area (Å²) < 4.78 is 0. The minimum atomic E-state index is 0.637. The molecule has 2 aliphatic rings. The van der Waals surface area contributed by atoms with Gasteiger partial charge in [0, 0.05) is 5.92 Å². The summed E-state index contributed by atoms with van der Waals surface area (Å²) in [5.74, 6) is 1.48. The second kappa shape index (κ2) is 3.46. The molecule has 0 spiro atoms. The van der Waals surface area contributed by atoms with E-state index in [1.54, 1.807) is 0 Å². The van der Waals surface area contributed by atoms with Crippen LogP contribution in [0.25, 0.3) is 0 Å². The van der Waals surface area contributed by atoms with Gasteiger partial charge < -0.3 is 5.21 Å². The van der Waals surface area contributed by atoms with E-state index >= 15 is 0 Å². The maximum atomic E-state index is 8.82. The molecule has 0 aromatic heterocycles. The first-order chi connectivity index (χ1) is 5.92. The van der Waals surface area contributed by atoms with Crippen molar-refractivity contribution in [3.63, 3.8) is 0 Å². The topological polar surface area (TPSA) is 32.6 Å². The number of rotatable bonds is 0. The fourth-order valence-electron chi connectivity index (χ4n) is 2.85. The average molecular weight is 167 g/mol. The monoisotopic (exact) mass is 167 g/mol. The van der Waals surface area contributed by atoms with Crippen LogP contribution < -0.4 is 0 Å². The molecule has 0 saturated heterocycles. The van der Waals surface area contributed by atoms with E-state index in [-0.39, 0.29) is 0 Å². The van der Waals surface area contributed by atoms with Gasteiger partial charge >= 0.3 is 0 Å². The smallest absolute Gasteiger partial charge is 0.0604 e. The summed E-state index contributed by atoms with van der Waals surface area (Å²) in [6.45, 7) is 0. The fraction of sp³-hybridized carbons (Fsp3) is 0.900. The number of fused-ring (bicyclic) bond motifs is 1. The summed E-state index contributed by atoms with van der Waals surface area (Å²) in [5.41, 5.74) is 1.09. The summed E-state index contributed by atoms with van der Waals surface area (Å²) in [5, 5.41) is 12.3. The third kappa shape index (κ3) is 1.35. The molecule has 2 heteroatoms. The molecule has 12 heavy (non-hydrogen) atoms. The lowest BCUT2D eigenvalue weighted by Gasteiger charge is -2.35. The fourth-order valence-corrected chi connectivity index (χ4v) is 2.85. The number of hydrogen-bond donors (Lipinski definition) is 1. The molecular weight excluding hydrogens is 150 g/mol. The summed E-state index contributed by atoms with van der Waals surface area (Å²) in [6, 6.07) is 0. The van der Waals surface area contributed by atoms with Gasteiger partial charge in [0.25, 0.3) is 0 Å². The van der Waals surface area contributed by atoms with Crippen molar-refractivity contribution in [3.05, 3.63) is 0 Å². The van der Waals surface area contributed by atoms with Crippen molar-refractivity contribution in [2.75, 3.05) is 0 Å². The van der Waals surface area contributed by atoms with E-state index in [9.17, 15) is 0 Å². The lowest BCUT2D eigenvalue weighted by molar-refractivity contribution is 0.243. The molecule has 1 N–H and O–H groups in total. The van der Waals surface area contributed by atoms with Crippen LogP contribution in [0.2, 0.25) is 0 Å². The Morgan fingerprint density at radius 3 is 2.67 bits per heavy atom. The molecule has 2 aliphatic carbocycles. The molecular formula is C10H17NO. The highest BCUT2D eigenvalue weighted by atomic mass is 16.4. The lowest BCUT2D eigenvalue weighted by Crippen LogP contribution is -2.31. The van der Waals surface area contributed by atoms with Gasteiger partial charge in [-0.1, -0.05) is 18.0 Å². The predicted octanol–water partition coefficient (Wildman–Crippen LogP) is 2.81. The SMILES string of the molecule is O/N=C1/CCC[C@@H]2CCCC[C@H]12. The van der Waals surface area contributed by atoms with Crippen molar-refractivity contribution in [1.82, 2.24) is 0 Å². The molecule has 0 radical (unpaired) electrons. The van der Waals surface area contributed by atoms with Crippen LogP contribution in [-0.2, 0) is 0 Å². The van der Waals surface area contributed by atoms with Crippen molar-refractivity contribution in [2.24, 2.45) is 17.0 Å². The van der Waals surface area contributed by atoms with Gasteiger partial charge in [-0.3, -0.25) is 0 Å². The predicted molar refractivity (Wildman–Crippen MR) is 48.5 cm³/mol. The summed E-state index contributed by atoms with van der Waals surface area (Å²) in [4.78, 5) is 0. The van der Waals surface area contributed by atoms with E-state index in [0.717, 1.165) is 18.1 Å². The maximum absolute atomic E-state index is 8.82. The average Bonchev–Trinajstić information content (AvgIpc) is 2.17. The Morgan fingerprint density at radius 1 is 1.08 bits per heavy atom. The van der Waals surface area contributed by atoms with Crippen LogP contribution in [0.3, 0.4) is 0 Å². The van der Waals surface area contributed by atoms with Crippen LogP contribution >= 0.6 is 0 Å². The highest BCUT2D eigenvalue weighted by molar-refractivity contribution is 5.87. The van der Waals surface area contributed by atoms with E-state index in [4.69, 9.17) is 5.21 Å². The van der Waals surface area contributed by atoms with E-state index in [1.807, 2.05) is 0 Å². The Balaban J connectivity index is 2.09. The molecule has 0 amide bonds. The third-order valence-electron chi connectivity index (χ3n) is 3.47. The normalized spacial score (nSPS) is 39.5. The van der Waals surface area contributed by atoms with E-state index in [1.165, 1.54) is 38.5 Å². The molecule has 2 nitrogen and oxygen atoms in total. The Morgan fingerprint density at radius 2 is 1.83 bits per heavy atom. The first-order valence-corrected chi connectivity index (χ1v) is 5.12. The van der Waals surface area contributed by atoms with Crippen LogP contribution in [0.15, 0.2) is 5.16 Å². The van der Waals surface area contributed by atoms with Gasteiger partial charge in [-0.05, 0) is 38.0 Å². The highest BCUT2D eigenvalue weighted by Crippen LogP contribution is 2.38. The zero-order valence-electron chi connectivity index (χ0n) is 7.50. The molecule has 0 heterocycles. The van der Waals surface area contributed by atoms with Gasteiger partial charge in [0.2, 0.25) is 0 Å². The van der Waals surface area contributed by atoms with Crippen molar-refractivity contribution in [3.8, 4) is 0 Å². The second-order valence-electron chi connectivity index (χ2n) is 4.13. The minimum absolute atomic E-state index is 0.637. The molecule has 2 atom stereocenters. The Labute approximate surface area is 73.7 Å². The van der Waals surface area contributed by atoms with Crippen molar-refractivity contribution in [1.29, 1.82) is 0 Å². The lowest BCUT2D eigenvalue weighted by atomic mass is 9.70. The second-order valence-corrected chi connectivity index (χ2v) is 4.13. The summed E-state index contributed by atoms with van der Waals surface area (Å²) in [7, 11) is 0. The number of oxime groups is 1. The van der Waals surface area contributed by atoms with Crippen LogP contribution in [0.4, 0.5) is 0 Å². The van der Waals surface area contributed by atoms with Crippen LogP contribution in [-0.4, -0.2) is 10.9 Å². The van der Waals surface area contributed by atoms with Gasteiger partial charge in [0.05, 0.1) is 5.71 Å². The molecule has 2 saturated carbocycles. The summed E-state index contributed by atoms with van der Waals surface area (Å²) in [6.07, 6.45) is 9.00. The molecule has 0 aromatic rings. The van der Waals surface area contributed by atoms with Gasteiger partial charge in [0.1, 0.15) is 0 Å². The first-order valence-electron chi connectivity index (χ1n) is 5.12. The highest BCUT2D eigenvalue weighted by Gasteiger charge is 2.32. The van der Waals surface area contributed by atoms with Gasteiger partial charge in [-0.2, -0.15) is 0 Å². The van der Waals surface area contributed by atoms with Gasteiger partial charge in [0.15, 0.2) is 0 Å². The molecule has 0 aliphatic heterocycles. The van der Waals surface area contributed by atoms with Gasteiger partial charge in [-0.25, -0.2) is 0 Å². The largest absolute Gasteiger partial charge is 0.411 e. The van der Waals surface area contributed by atoms with E-state index < -0.39 is 0 Å². The quantitative estimate of drug-likeness (QED) is 0.436. The molecule has 0 unspecified atom stereocenters. The Hall–Kier alpha value is -0.530. The molecule has 2 fully saturated rings. The molecule has 0 aromatic carbocycles. The molecule has 2 rings (SSSR count). The first kappa shape index (κ1) is 8.09. The van der Waals surface area contributed by atoms with Gasteiger partial charge in [-0.15, -0.1) is 0 Å². The van der Waals surface area contributed by atoms with Crippen molar-refractivity contribution >= 4 is 5.71 Å². The van der Waals surface area contributed by atoms with Crippen LogP contribution in [0.1, 0.15) is 44.9 Å². The molecule has 0 bridgehead atoms. The third-order valence-corrected chi connectivity index (χ3v) is 3.47. The number of nitrogens with zero attached hydrogens (tertiary/aromatic N) is 1. The maximum Gasteiger partial charge on any atom is 0.0604 e. The van der Waals surface area contributed by atoms with E-state index in [2.05, 4.69) is 5.16 Å². The standard InChI is InChI=1S/C10H17NO/c12-11-10-7-3-5-8-4-1-2-6-9(8)10/h8-9,12H,1-7H2/b11-10-/t8-,9-/m0/s1. The number of hydrogen-bond acceptors (Lipinski definition) is 2. The Bertz CT molecular complexity index is 186. The Kier molecular flexibility index (Phi) is 2.33. The van der Waals surface area contributed by atoms with Crippen molar-refractivity contribution < 1.29 is 5.21 Å². The summed E-state index contributed by atoms with van der Waals surface area (Å²) >= 11 is 0. The minimum Gasteiger partial charge on any atom is -0.411 e. The molecule has 68 valence electrons. The zero-order chi connectivity index (χ0) is 8.39. The van der Waals surface area contributed by atoms with E-state index in [0.29, 0.717) is 5.92 Å².